The van der Waals surface area contributed by atoms with Crippen LogP contribution >= 0.6 is 11.8 Å². The Kier molecular flexibility index (Phi) is 5.14. The minimum Gasteiger partial charge on any atom is -0.381 e. The number of thioether (sulfide) groups is 1. The van der Waals surface area contributed by atoms with Crippen LogP contribution < -0.4 is 5.32 Å². The fourth-order valence-corrected chi connectivity index (χ4v) is 2.75. The Labute approximate surface area is 85.8 Å². The third kappa shape index (κ3) is 3.49. The maximum atomic E-state index is 5.49. The van der Waals surface area contributed by atoms with Gasteiger partial charge in [-0.05, 0) is 31.4 Å². The summed E-state index contributed by atoms with van der Waals surface area (Å²) in [5.74, 6) is 2.51. The molecule has 78 valence electrons. The molecule has 1 rings (SSSR count). The third-order valence-electron chi connectivity index (χ3n) is 2.72. The van der Waals surface area contributed by atoms with E-state index in [0.29, 0.717) is 5.41 Å². The van der Waals surface area contributed by atoms with Gasteiger partial charge in [-0.3, -0.25) is 0 Å². The van der Waals surface area contributed by atoms with Crippen LogP contribution in [0.4, 0.5) is 0 Å². The van der Waals surface area contributed by atoms with Crippen LogP contribution in [0.3, 0.4) is 0 Å². The SMILES string of the molecule is CCSCCC1(CNC)CCOC1. The van der Waals surface area contributed by atoms with Crippen molar-refractivity contribution in [3.63, 3.8) is 0 Å². The van der Waals surface area contributed by atoms with Crippen molar-refractivity contribution in [3.05, 3.63) is 0 Å². The highest BCUT2D eigenvalue weighted by Gasteiger charge is 2.33. The van der Waals surface area contributed by atoms with E-state index in [1.54, 1.807) is 0 Å². The molecule has 1 fully saturated rings. The Morgan fingerprint density at radius 1 is 1.54 bits per heavy atom. The Morgan fingerprint density at radius 2 is 2.38 bits per heavy atom. The molecule has 1 heterocycles. The molecule has 2 nitrogen and oxygen atoms in total. The third-order valence-corrected chi connectivity index (χ3v) is 3.62. The Bertz CT molecular complexity index is 135. The van der Waals surface area contributed by atoms with Gasteiger partial charge < -0.3 is 10.1 Å². The molecule has 1 aliphatic rings. The lowest BCUT2D eigenvalue weighted by molar-refractivity contribution is 0.149. The normalized spacial score (nSPS) is 28.2. The Hall–Kier alpha value is 0.270. The van der Waals surface area contributed by atoms with Gasteiger partial charge in [0.25, 0.3) is 0 Å². The molecule has 1 N–H and O–H groups in total. The molecule has 3 heteroatoms. The zero-order valence-electron chi connectivity index (χ0n) is 8.77. The first-order chi connectivity index (χ1) is 6.33. The standard InChI is InChI=1S/C10H21NOS/c1-3-13-7-5-10(8-11-2)4-6-12-9-10/h11H,3-9H2,1-2H3. The van der Waals surface area contributed by atoms with E-state index in [4.69, 9.17) is 4.74 Å². The smallest absolute Gasteiger partial charge is 0.0535 e. The summed E-state index contributed by atoms with van der Waals surface area (Å²) >= 11 is 2.04. The lowest BCUT2D eigenvalue weighted by Gasteiger charge is -2.26. The van der Waals surface area contributed by atoms with Crippen molar-refractivity contribution in [1.29, 1.82) is 0 Å². The molecule has 0 bridgehead atoms. The summed E-state index contributed by atoms with van der Waals surface area (Å²) in [5.41, 5.74) is 0.441. The highest BCUT2D eigenvalue weighted by Crippen LogP contribution is 2.32. The number of nitrogens with one attached hydrogen (secondary N) is 1. The minimum atomic E-state index is 0.441. The fraction of sp³-hybridized carbons (Fsp3) is 1.00. The van der Waals surface area contributed by atoms with Gasteiger partial charge in [-0.15, -0.1) is 0 Å². The molecule has 0 spiro atoms. The number of hydrogen-bond donors (Lipinski definition) is 1. The van der Waals surface area contributed by atoms with Crippen molar-refractivity contribution in [3.8, 4) is 0 Å². The predicted octanol–water partition coefficient (Wildman–Crippen LogP) is 1.76. The van der Waals surface area contributed by atoms with Crippen LogP contribution in [0.2, 0.25) is 0 Å². The number of rotatable bonds is 6. The highest BCUT2D eigenvalue weighted by molar-refractivity contribution is 7.99. The van der Waals surface area contributed by atoms with Crippen LogP contribution in [0.25, 0.3) is 0 Å². The van der Waals surface area contributed by atoms with E-state index in [1.165, 1.54) is 24.3 Å². The average molecular weight is 203 g/mol. The molecule has 1 atom stereocenters. The van der Waals surface area contributed by atoms with E-state index >= 15 is 0 Å². The van der Waals surface area contributed by atoms with Gasteiger partial charge >= 0.3 is 0 Å². The first-order valence-electron chi connectivity index (χ1n) is 5.13. The summed E-state index contributed by atoms with van der Waals surface area (Å²) in [4.78, 5) is 0. The Morgan fingerprint density at radius 3 is 2.92 bits per heavy atom. The van der Waals surface area contributed by atoms with Gasteiger partial charge in [0.15, 0.2) is 0 Å². The van der Waals surface area contributed by atoms with Gasteiger partial charge in [-0.2, -0.15) is 11.8 Å². The van der Waals surface area contributed by atoms with E-state index in [1.807, 2.05) is 18.8 Å². The van der Waals surface area contributed by atoms with E-state index in [0.717, 1.165) is 19.8 Å². The quantitative estimate of drug-likeness (QED) is 0.665. The Balaban J connectivity index is 2.28. The zero-order chi connectivity index (χ0) is 9.57. The molecule has 0 aliphatic carbocycles. The van der Waals surface area contributed by atoms with E-state index in [2.05, 4.69) is 12.2 Å². The summed E-state index contributed by atoms with van der Waals surface area (Å²) in [6.07, 6.45) is 2.53. The molecule has 1 saturated heterocycles. The highest BCUT2D eigenvalue weighted by atomic mass is 32.2. The first-order valence-corrected chi connectivity index (χ1v) is 6.28. The second-order valence-electron chi connectivity index (χ2n) is 3.78. The van der Waals surface area contributed by atoms with Gasteiger partial charge in [0.1, 0.15) is 0 Å². The zero-order valence-corrected chi connectivity index (χ0v) is 9.58. The molecule has 0 aromatic heterocycles. The molecular formula is C10H21NOS. The molecule has 1 unspecified atom stereocenters. The maximum absolute atomic E-state index is 5.49. The first kappa shape index (κ1) is 11.3. The van der Waals surface area contributed by atoms with Gasteiger partial charge in [0.05, 0.1) is 6.61 Å². The summed E-state index contributed by atoms with van der Waals surface area (Å²) in [5, 5.41) is 3.29. The van der Waals surface area contributed by atoms with Crippen molar-refractivity contribution in [1.82, 2.24) is 5.32 Å². The largest absolute Gasteiger partial charge is 0.381 e. The van der Waals surface area contributed by atoms with Crippen LogP contribution in [0, 0.1) is 5.41 Å². The lowest BCUT2D eigenvalue weighted by Crippen LogP contribution is -2.33. The minimum absolute atomic E-state index is 0.441. The van der Waals surface area contributed by atoms with Gasteiger partial charge in [-0.25, -0.2) is 0 Å². The number of hydrogen-bond acceptors (Lipinski definition) is 3. The molecule has 0 amide bonds. The van der Waals surface area contributed by atoms with Crippen molar-refractivity contribution in [2.24, 2.45) is 5.41 Å². The molecule has 0 aromatic rings. The summed E-state index contributed by atoms with van der Waals surface area (Å²) in [6, 6.07) is 0. The summed E-state index contributed by atoms with van der Waals surface area (Å²) in [6.45, 7) is 5.24. The predicted molar refractivity (Wildman–Crippen MR) is 59.4 cm³/mol. The van der Waals surface area contributed by atoms with E-state index in [9.17, 15) is 0 Å². The van der Waals surface area contributed by atoms with Crippen molar-refractivity contribution < 1.29 is 4.74 Å². The second kappa shape index (κ2) is 5.89. The van der Waals surface area contributed by atoms with Crippen molar-refractivity contribution in [2.75, 3.05) is 38.3 Å². The molecule has 0 saturated carbocycles. The van der Waals surface area contributed by atoms with Crippen LogP contribution in [0.5, 0.6) is 0 Å². The maximum Gasteiger partial charge on any atom is 0.0535 e. The van der Waals surface area contributed by atoms with Gasteiger partial charge in [-0.1, -0.05) is 6.92 Å². The van der Waals surface area contributed by atoms with Crippen LogP contribution in [0.1, 0.15) is 19.8 Å². The fourth-order valence-electron chi connectivity index (χ4n) is 1.88. The summed E-state index contributed by atoms with van der Waals surface area (Å²) in [7, 11) is 2.03. The lowest BCUT2D eigenvalue weighted by atomic mass is 9.84. The molecule has 0 radical (unpaired) electrons. The molecule has 0 aromatic carbocycles. The van der Waals surface area contributed by atoms with E-state index in [-0.39, 0.29) is 0 Å². The average Bonchev–Trinajstić information content (AvgIpc) is 2.55. The van der Waals surface area contributed by atoms with Crippen LogP contribution in [-0.2, 0) is 4.74 Å². The van der Waals surface area contributed by atoms with Crippen LogP contribution in [0.15, 0.2) is 0 Å². The van der Waals surface area contributed by atoms with Crippen molar-refractivity contribution in [2.45, 2.75) is 19.8 Å². The second-order valence-corrected chi connectivity index (χ2v) is 5.17. The molecule has 1 aliphatic heterocycles. The van der Waals surface area contributed by atoms with Crippen molar-refractivity contribution >= 4 is 11.8 Å². The van der Waals surface area contributed by atoms with Crippen LogP contribution in [-0.4, -0.2) is 38.3 Å². The monoisotopic (exact) mass is 203 g/mol. The summed E-state index contributed by atoms with van der Waals surface area (Å²) < 4.78 is 5.49. The molecule has 13 heavy (non-hydrogen) atoms. The van der Waals surface area contributed by atoms with Gasteiger partial charge in [0, 0.05) is 18.6 Å². The number of ether oxygens (including phenoxy) is 1. The molecular weight excluding hydrogens is 182 g/mol. The van der Waals surface area contributed by atoms with Gasteiger partial charge in [0.2, 0.25) is 0 Å². The topological polar surface area (TPSA) is 21.3 Å². The van der Waals surface area contributed by atoms with E-state index < -0.39 is 0 Å².